The molecule has 3 heteroatoms. The lowest BCUT2D eigenvalue weighted by molar-refractivity contribution is 0.472. The zero-order chi connectivity index (χ0) is 17.9. The van der Waals surface area contributed by atoms with Gasteiger partial charge in [0.05, 0.1) is 6.04 Å². The van der Waals surface area contributed by atoms with E-state index < -0.39 is 0 Å². The number of phenols is 1. The molecule has 0 saturated heterocycles. The molecule has 0 radical (unpaired) electrons. The van der Waals surface area contributed by atoms with Gasteiger partial charge < -0.3 is 10.4 Å². The Labute approximate surface area is 153 Å². The number of hydrogen-bond donors (Lipinski definition) is 2. The lowest BCUT2D eigenvalue weighted by Gasteiger charge is -2.22. The van der Waals surface area contributed by atoms with Crippen LogP contribution in [0.3, 0.4) is 0 Å². The molecule has 3 nitrogen and oxygen atoms in total. The van der Waals surface area contributed by atoms with Crippen LogP contribution in [0.25, 0.3) is 10.9 Å². The molecule has 1 atom stereocenters. The van der Waals surface area contributed by atoms with Crippen molar-refractivity contribution in [2.45, 2.75) is 13.0 Å². The molecule has 3 aromatic carbocycles. The summed E-state index contributed by atoms with van der Waals surface area (Å²) in [5.74, 6) is 0.220. The molecule has 0 spiro atoms. The fraction of sp³-hybridized carbons (Fsp3) is 0.0870. The second-order valence-corrected chi connectivity index (χ2v) is 6.44. The number of nitrogens with one attached hydrogen (secondary N) is 1. The van der Waals surface area contributed by atoms with Crippen molar-refractivity contribution in [2.75, 3.05) is 5.32 Å². The van der Waals surface area contributed by atoms with E-state index in [0.29, 0.717) is 5.52 Å². The van der Waals surface area contributed by atoms with Gasteiger partial charge in [0.1, 0.15) is 11.3 Å². The van der Waals surface area contributed by atoms with E-state index in [2.05, 4.69) is 41.5 Å². The van der Waals surface area contributed by atoms with Crippen molar-refractivity contribution < 1.29 is 5.11 Å². The van der Waals surface area contributed by atoms with E-state index in [1.165, 1.54) is 5.56 Å². The Balaban J connectivity index is 1.84. The molecule has 0 saturated carbocycles. The summed E-state index contributed by atoms with van der Waals surface area (Å²) in [5, 5.41) is 15.4. The van der Waals surface area contributed by atoms with Crippen molar-refractivity contribution in [1.82, 2.24) is 4.98 Å². The van der Waals surface area contributed by atoms with E-state index in [4.69, 9.17) is 0 Å². The van der Waals surface area contributed by atoms with Gasteiger partial charge in [0.15, 0.2) is 0 Å². The van der Waals surface area contributed by atoms with Crippen LogP contribution < -0.4 is 5.32 Å². The number of phenolic OH excluding ortho intramolecular Hbond substituents is 1. The molecule has 0 fully saturated rings. The average molecular weight is 340 g/mol. The van der Waals surface area contributed by atoms with Crippen molar-refractivity contribution in [1.29, 1.82) is 0 Å². The first kappa shape index (κ1) is 16.2. The summed E-state index contributed by atoms with van der Waals surface area (Å²) >= 11 is 0. The maximum absolute atomic E-state index is 10.9. The number of benzene rings is 3. The minimum absolute atomic E-state index is 0.176. The molecule has 0 aliphatic heterocycles. The quantitative estimate of drug-likeness (QED) is 0.519. The maximum Gasteiger partial charge on any atom is 0.147 e. The van der Waals surface area contributed by atoms with Crippen LogP contribution in [-0.4, -0.2) is 10.1 Å². The second-order valence-electron chi connectivity index (χ2n) is 6.44. The molecule has 0 aliphatic carbocycles. The fourth-order valence-electron chi connectivity index (χ4n) is 3.27. The molecule has 1 unspecified atom stereocenters. The van der Waals surface area contributed by atoms with Gasteiger partial charge in [-0.3, -0.25) is 4.98 Å². The Morgan fingerprint density at radius 1 is 0.885 bits per heavy atom. The molecular formula is C23H20N2O. The third kappa shape index (κ3) is 3.11. The number of aromatic hydroxyl groups is 1. The first-order chi connectivity index (χ1) is 12.7. The summed E-state index contributed by atoms with van der Waals surface area (Å²) < 4.78 is 0. The van der Waals surface area contributed by atoms with Gasteiger partial charge in [-0.05, 0) is 36.2 Å². The smallest absolute Gasteiger partial charge is 0.147 e. The van der Waals surface area contributed by atoms with E-state index in [9.17, 15) is 5.11 Å². The lowest BCUT2D eigenvalue weighted by Crippen LogP contribution is -2.13. The highest BCUT2D eigenvalue weighted by Gasteiger charge is 2.19. The van der Waals surface area contributed by atoms with Crippen LogP contribution in [0.5, 0.6) is 5.75 Å². The number of nitrogens with zero attached hydrogens (tertiary/aromatic N) is 1. The summed E-state index contributed by atoms with van der Waals surface area (Å²) in [6.07, 6.45) is 1.71. The van der Waals surface area contributed by atoms with Crippen molar-refractivity contribution >= 4 is 16.6 Å². The second kappa shape index (κ2) is 6.89. The van der Waals surface area contributed by atoms with Crippen molar-refractivity contribution in [3.63, 3.8) is 0 Å². The summed E-state index contributed by atoms with van der Waals surface area (Å²) in [5.41, 5.74) is 4.71. The largest absolute Gasteiger partial charge is 0.505 e. The molecule has 0 bridgehead atoms. The zero-order valence-corrected chi connectivity index (χ0v) is 14.6. The number of fused-ring (bicyclic) bond motifs is 1. The fourth-order valence-corrected chi connectivity index (χ4v) is 3.27. The zero-order valence-electron chi connectivity index (χ0n) is 14.6. The van der Waals surface area contributed by atoms with Crippen molar-refractivity contribution in [3.8, 4) is 5.75 Å². The van der Waals surface area contributed by atoms with Gasteiger partial charge in [-0.15, -0.1) is 0 Å². The highest BCUT2D eigenvalue weighted by molar-refractivity contribution is 5.86. The van der Waals surface area contributed by atoms with Gasteiger partial charge in [-0.2, -0.15) is 0 Å². The molecule has 4 rings (SSSR count). The SMILES string of the molecule is Cc1cccc(NC(c2ccccc2)c2ccc3cccnc3c2O)c1. The van der Waals surface area contributed by atoms with E-state index in [1.807, 2.05) is 54.6 Å². The van der Waals surface area contributed by atoms with Gasteiger partial charge in [0.25, 0.3) is 0 Å². The number of anilines is 1. The molecule has 128 valence electrons. The third-order valence-corrected chi connectivity index (χ3v) is 4.55. The third-order valence-electron chi connectivity index (χ3n) is 4.55. The van der Waals surface area contributed by atoms with Crippen LogP contribution >= 0.6 is 0 Å². The van der Waals surface area contributed by atoms with Gasteiger partial charge in [-0.25, -0.2) is 0 Å². The number of aromatic nitrogens is 1. The monoisotopic (exact) mass is 340 g/mol. The number of rotatable bonds is 4. The van der Waals surface area contributed by atoms with Crippen LogP contribution in [0.2, 0.25) is 0 Å². The Bertz CT molecular complexity index is 1040. The molecule has 0 aliphatic rings. The first-order valence-electron chi connectivity index (χ1n) is 8.67. The van der Waals surface area contributed by atoms with E-state index >= 15 is 0 Å². The van der Waals surface area contributed by atoms with Crippen LogP contribution in [0.4, 0.5) is 5.69 Å². The normalized spacial score (nSPS) is 12.0. The molecule has 4 aromatic rings. The van der Waals surface area contributed by atoms with Gasteiger partial charge >= 0.3 is 0 Å². The molecule has 1 aromatic heterocycles. The van der Waals surface area contributed by atoms with E-state index in [0.717, 1.165) is 22.2 Å². The van der Waals surface area contributed by atoms with Gasteiger partial charge in [0.2, 0.25) is 0 Å². The Kier molecular flexibility index (Phi) is 4.28. The minimum atomic E-state index is -0.176. The number of pyridine rings is 1. The number of hydrogen-bond acceptors (Lipinski definition) is 3. The van der Waals surface area contributed by atoms with Crippen molar-refractivity contribution in [2.24, 2.45) is 0 Å². The topological polar surface area (TPSA) is 45.2 Å². The maximum atomic E-state index is 10.9. The molecule has 2 N–H and O–H groups in total. The lowest BCUT2D eigenvalue weighted by atomic mass is 9.96. The summed E-state index contributed by atoms with van der Waals surface area (Å²) in [6.45, 7) is 2.07. The Morgan fingerprint density at radius 2 is 1.73 bits per heavy atom. The molecule has 26 heavy (non-hydrogen) atoms. The summed E-state index contributed by atoms with van der Waals surface area (Å²) in [4.78, 5) is 4.36. The van der Waals surface area contributed by atoms with Crippen LogP contribution in [0, 0.1) is 6.92 Å². The summed E-state index contributed by atoms with van der Waals surface area (Å²) in [6, 6.07) is 26.0. The van der Waals surface area contributed by atoms with E-state index in [-0.39, 0.29) is 11.8 Å². The van der Waals surface area contributed by atoms with Gasteiger partial charge in [-0.1, -0.05) is 60.7 Å². The standard InChI is InChI=1S/C23H20N2O/c1-16-7-5-11-19(15-16)25-21(17-8-3-2-4-9-17)20-13-12-18-10-6-14-24-22(18)23(20)26/h2-15,21,25-26H,1H3. The Morgan fingerprint density at radius 3 is 2.54 bits per heavy atom. The molecule has 0 amide bonds. The van der Waals surface area contributed by atoms with E-state index in [1.54, 1.807) is 6.20 Å². The predicted octanol–water partition coefficient (Wildman–Crippen LogP) is 5.45. The molecule has 1 heterocycles. The highest BCUT2D eigenvalue weighted by Crippen LogP contribution is 2.36. The minimum Gasteiger partial charge on any atom is -0.505 e. The average Bonchev–Trinajstić information content (AvgIpc) is 2.68. The number of aryl methyl sites for hydroxylation is 1. The highest BCUT2D eigenvalue weighted by atomic mass is 16.3. The van der Waals surface area contributed by atoms with Crippen LogP contribution in [0.1, 0.15) is 22.7 Å². The van der Waals surface area contributed by atoms with Crippen LogP contribution in [0.15, 0.2) is 85.1 Å². The van der Waals surface area contributed by atoms with Gasteiger partial charge in [0, 0.05) is 22.8 Å². The summed E-state index contributed by atoms with van der Waals surface area (Å²) in [7, 11) is 0. The predicted molar refractivity (Wildman–Crippen MR) is 106 cm³/mol. The Hall–Kier alpha value is -3.33. The van der Waals surface area contributed by atoms with Crippen molar-refractivity contribution in [3.05, 3.63) is 102 Å². The molecular weight excluding hydrogens is 320 g/mol. The van der Waals surface area contributed by atoms with Crippen LogP contribution in [-0.2, 0) is 0 Å². The first-order valence-corrected chi connectivity index (χ1v) is 8.67.